The van der Waals surface area contributed by atoms with Gasteiger partial charge >= 0.3 is 0 Å². The summed E-state index contributed by atoms with van der Waals surface area (Å²) >= 11 is 1.80. The van der Waals surface area contributed by atoms with Gasteiger partial charge in [0.1, 0.15) is 0 Å². The molecular formula is C15H27N3S. The quantitative estimate of drug-likeness (QED) is 0.899. The highest BCUT2D eigenvalue weighted by Gasteiger charge is 2.20. The highest BCUT2D eigenvalue weighted by molar-refractivity contribution is 7.09. The Hall–Kier alpha value is -0.450. The molecule has 1 unspecified atom stereocenters. The van der Waals surface area contributed by atoms with Gasteiger partial charge in [0.2, 0.25) is 0 Å². The van der Waals surface area contributed by atoms with E-state index in [4.69, 9.17) is 4.98 Å². The lowest BCUT2D eigenvalue weighted by Crippen LogP contribution is -2.37. The first-order valence-corrected chi connectivity index (χ1v) is 8.27. The van der Waals surface area contributed by atoms with Gasteiger partial charge in [0, 0.05) is 29.9 Å². The van der Waals surface area contributed by atoms with Crippen LogP contribution in [0.1, 0.15) is 51.2 Å². The van der Waals surface area contributed by atoms with Gasteiger partial charge < -0.3 is 5.32 Å². The molecule has 1 fully saturated rings. The Kier molecular flexibility index (Phi) is 4.98. The molecule has 1 saturated heterocycles. The summed E-state index contributed by atoms with van der Waals surface area (Å²) in [5, 5.41) is 7.05. The molecule has 19 heavy (non-hydrogen) atoms. The summed E-state index contributed by atoms with van der Waals surface area (Å²) in [6.07, 6.45) is 2.65. The van der Waals surface area contributed by atoms with E-state index in [0.717, 1.165) is 19.6 Å². The fourth-order valence-electron chi connectivity index (χ4n) is 2.48. The van der Waals surface area contributed by atoms with Crippen molar-refractivity contribution in [2.75, 3.05) is 19.6 Å². The van der Waals surface area contributed by atoms with Crippen molar-refractivity contribution in [3.63, 3.8) is 0 Å². The van der Waals surface area contributed by atoms with Crippen LogP contribution in [0.2, 0.25) is 0 Å². The molecule has 0 amide bonds. The normalized spacial score (nSPS) is 20.4. The van der Waals surface area contributed by atoms with Gasteiger partial charge in [0.15, 0.2) is 0 Å². The Morgan fingerprint density at radius 3 is 2.79 bits per heavy atom. The average molecular weight is 281 g/mol. The third-order valence-corrected chi connectivity index (χ3v) is 4.98. The van der Waals surface area contributed by atoms with E-state index in [1.807, 2.05) is 0 Å². The fraction of sp³-hybridized carbons (Fsp3) is 0.800. The molecule has 0 bridgehead atoms. The molecule has 4 heteroatoms. The summed E-state index contributed by atoms with van der Waals surface area (Å²) in [7, 11) is 0. The highest BCUT2D eigenvalue weighted by Crippen LogP contribution is 2.26. The number of hydrogen-bond acceptors (Lipinski definition) is 4. The Balaban J connectivity index is 1.92. The summed E-state index contributed by atoms with van der Waals surface area (Å²) in [5.74, 6) is 0. The molecule has 1 aliphatic heterocycles. The summed E-state index contributed by atoms with van der Waals surface area (Å²) in [6, 6.07) is 0.681. The van der Waals surface area contributed by atoms with Crippen LogP contribution < -0.4 is 5.32 Å². The van der Waals surface area contributed by atoms with Crippen molar-refractivity contribution in [3.05, 3.63) is 16.1 Å². The molecule has 0 radical (unpaired) electrons. The molecule has 1 atom stereocenters. The van der Waals surface area contributed by atoms with Crippen molar-refractivity contribution >= 4 is 11.3 Å². The lowest BCUT2D eigenvalue weighted by Gasteiger charge is -2.23. The first-order chi connectivity index (χ1) is 8.99. The molecule has 0 aromatic carbocycles. The minimum atomic E-state index is 0.174. The SMILES string of the molecule is CCN(Cc1csc(C(C)(C)C)n1)CC1CCCN1. The van der Waals surface area contributed by atoms with E-state index in [1.54, 1.807) is 11.3 Å². The van der Waals surface area contributed by atoms with Gasteiger partial charge in [-0.05, 0) is 25.9 Å². The van der Waals surface area contributed by atoms with Crippen molar-refractivity contribution < 1.29 is 0 Å². The zero-order valence-corrected chi connectivity index (χ0v) is 13.5. The van der Waals surface area contributed by atoms with Gasteiger partial charge in [0.25, 0.3) is 0 Å². The van der Waals surface area contributed by atoms with Crippen molar-refractivity contribution in [1.29, 1.82) is 0 Å². The van der Waals surface area contributed by atoms with Crippen LogP contribution in [-0.4, -0.2) is 35.6 Å². The standard InChI is InChI=1S/C15H27N3S/c1-5-18(9-12-7-6-8-16-12)10-13-11-19-14(17-13)15(2,3)4/h11-12,16H,5-10H2,1-4H3. The number of thiazole rings is 1. The number of hydrogen-bond donors (Lipinski definition) is 1. The second-order valence-electron chi connectivity index (χ2n) is 6.52. The minimum absolute atomic E-state index is 0.174. The van der Waals surface area contributed by atoms with Gasteiger partial charge in [-0.1, -0.05) is 27.7 Å². The van der Waals surface area contributed by atoms with Gasteiger partial charge in [0.05, 0.1) is 10.7 Å². The molecule has 2 rings (SSSR count). The van der Waals surface area contributed by atoms with Crippen LogP contribution in [0, 0.1) is 0 Å². The van der Waals surface area contributed by atoms with Gasteiger partial charge in [-0.15, -0.1) is 11.3 Å². The zero-order valence-electron chi connectivity index (χ0n) is 12.7. The maximum atomic E-state index is 4.80. The molecule has 2 heterocycles. The monoisotopic (exact) mass is 281 g/mol. The Labute approximate surface area is 121 Å². The van der Waals surface area contributed by atoms with E-state index in [0.29, 0.717) is 6.04 Å². The Bertz CT molecular complexity index is 388. The number of nitrogens with zero attached hydrogens (tertiary/aromatic N) is 2. The molecule has 1 aliphatic rings. The molecule has 0 spiro atoms. The Morgan fingerprint density at radius 2 is 2.26 bits per heavy atom. The third-order valence-electron chi connectivity index (χ3n) is 3.67. The van der Waals surface area contributed by atoms with E-state index in [-0.39, 0.29) is 5.41 Å². The largest absolute Gasteiger partial charge is 0.313 e. The van der Waals surface area contributed by atoms with Crippen LogP contribution in [0.5, 0.6) is 0 Å². The van der Waals surface area contributed by atoms with Crippen LogP contribution in [0.15, 0.2) is 5.38 Å². The average Bonchev–Trinajstić information content (AvgIpc) is 2.98. The lowest BCUT2D eigenvalue weighted by atomic mass is 9.98. The van der Waals surface area contributed by atoms with Crippen molar-refractivity contribution in [1.82, 2.24) is 15.2 Å². The van der Waals surface area contributed by atoms with Crippen molar-refractivity contribution in [2.24, 2.45) is 0 Å². The molecule has 3 nitrogen and oxygen atoms in total. The van der Waals surface area contributed by atoms with Gasteiger partial charge in [-0.25, -0.2) is 4.98 Å². The van der Waals surface area contributed by atoms with Crippen LogP contribution in [-0.2, 0) is 12.0 Å². The lowest BCUT2D eigenvalue weighted by molar-refractivity contribution is 0.251. The predicted molar refractivity (Wildman–Crippen MR) is 82.8 cm³/mol. The topological polar surface area (TPSA) is 28.2 Å². The maximum Gasteiger partial charge on any atom is 0.0982 e. The smallest absolute Gasteiger partial charge is 0.0982 e. The van der Waals surface area contributed by atoms with Gasteiger partial charge in [-0.2, -0.15) is 0 Å². The van der Waals surface area contributed by atoms with E-state index >= 15 is 0 Å². The number of likely N-dealkylation sites (N-methyl/N-ethyl adjacent to an activating group) is 1. The number of rotatable bonds is 5. The van der Waals surface area contributed by atoms with Crippen molar-refractivity contribution in [3.8, 4) is 0 Å². The summed E-state index contributed by atoms with van der Waals surface area (Å²) in [5.41, 5.74) is 1.40. The summed E-state index contributed by atoms with van der Waals surface area (Å²) in [4.78, 5) is 7.30. The van der Waals surface area contributed by atoms with E-state index in [1.165, 1.54) is 30.1 Å². The zero-order chi connectivity index (χ0) is 13.9. The first-order valence-electron chi connectivity index (χ1n) is 7.39. The molecule has 1 N–H and O–H groups in total. The second kappa shape index (κ2) is 6.33. The molecule has 1 aromatic heterocycles. The van der Waals surface area contributed by atoms with Crippen LogP contribution in [0.25, 0.3) is 0 Å². The third kappa shape index (κ3) is 4.26. The minimum Gasteiger partial charge on any atom is -0.313 e. The van der Waals surface area contributed by atoms with Gasteiger partial charge in [-0.3, -0.25) is 4.90 Å². The van der Waals surface area contributed by atoms with E-state index in [2.05, 4.69) is 43.3 Å². The highest BCUT2D eigenvalue weighted by atomic mass is 32.1. The predicted octanol–water partition coefficient (Wildman–Crippen LogP) is 3.01. The second-order valence-corrected chi connectivity index (χ2v) is 7.37. The first kappa shape index (κ1) is 14.9. The molecule has 1 aromatic rings. The van der Waals surface area contributed by atoms with E-state index < -0.39 is 0 Å². The molecule has 108 valence electrons. The van der Waals surface area contributed by atoms with Crippen LogP contribution in [0.4, 0.5) is 0 Å². The Morgan fingerprint density at radius 1 is 1.47 bits per heavy atom. The molecule has 0 aliphatic carbocycles. The van der Waals surface area contributed by atoms with Crippen molar-refractivity contribution in [2.45, 2.75) is 58.5 Å². The summed E-state index contributed by atoms with van der Waals surface area (Å²) < 4.78 is 0. The van der Waals surface area contributed by atoms with Crippen LogP contribution >= 0.6 is 11.3 Å². The molecular weight excluding hydrogens is 254 g/mol. The fourth-order valence-corrected chi connectivity index (χ4v) is 3.38. The van der Waals surface area contributed by atoms with Crippen LogP contribution in [0.3, 0.4) is 0 Å². The van der Waals surface area contributed by atoms with E-state index in [9.17, 15) is 0 Å². The number of aromatic nitrogens is 1. The summed E-state index contributed by atoms with van der Waals surface area (Å²) in [6.45, 7) is 13.4. The molecule has 0 saturated carbocycles. The maximum absolute atomic E-state index is 4.80. The number of nitrogens with one attached hydrogen (secondary N) is 1.